The third-order valence-electron chi connectivity index (χ3n) is 3.34. The molecule has 0 bridgehead atoms. The lowest BCUT2D eigenvalue weighted by molar-refractivity contribution is 0.699. The predicted molar refractivity (Wildman–Crippen MR) is 86.9 cm³/mol. The molecule has 1 unspecified atom stereocenters. The first-order valence-electron chi connectivity index (χ1n) is 6.18. The normalized spacial score (nSPS) is 12.7. The Morgan fingerprint density at radius 3 is 2.63 bits per heavy atom. The van der Waals surface area contributed by atoms with Crippen LogP contribution in [0.5, 0.6) is 0 Å². The van der Waals surface area contributed by atoms with Crippen LogP contribution in [0.3, 0.4) is 0 Å². The summed E-state index contributed by atoms with van der Waals surface area (Å²) in [5.41, 5.74) is 2.63. The van der Waals surface area contributed by atoms with Gasteiger partial charge in [0.1, 0.15) is 0 Å². The molecule has 1 heterocycles. The van der Waals surface area contributed by atoms with Crippen LogP contribution in [0.25, 0.3) is 10.8 Å². The first-order chi connectivity index (χ1) is 9.29. The van der Waals surface area contributed by atoms with Crippen molar-refractivity contribution < 1.29 is 0 Å². The van der Waals surface area contributed by atoms with Crippen LogP contribution in [0.15, 0.2) is 57.7 Å². The van der Waals surface area contributed by atoms with Crippen molar-refractivity contribution >= 4 is 38.0 Å². The van der Waals surface area contributed by atoms with Gasteiger partial charge in [0, 0.05) is 0 Å². The van der Waals surface area contributed by atoms with Crippen LogP contribution in [-0.4, -0.2) is 7.05 Å². The van der Waals surface area contributed by atoms with E-state index in [-0.39, 0.29) is 6.04 Å². The van der Waals surface area contributed by atoms with Crippen molar-refractivity contribution in [3.8, 4) is 0 Å². The van der Waals surface area contributed by atoms with Gasteiger partial charge in [-0.15, -0.1) is 11.3 Å². The van der Waals surface area contributed by atoms with Crippen molar-refractivity contribution in [2.24, 2.45) is 0 Å². The van der Waals surface area contributed by atoms with Crippen LogP contribution < -0.4 is 5.32 Å². The zero-order valence-electron chi connectivity index (χ0n) is 10.6. The van der Waals surface area contributed by atoms with Gasteiger partial charge in [-0.05, 0) is 56.3 Å². The molecule has 3 heteroatoms. The Bertz CT molecular complexity index is 699. The molecule has 0 saturated heterocycles. The molecule has 0 radical (unpaired) electrons. The van der Waals surface area contributed by atoms with E-state index in [2.05, 4.69) is 75.2 Å². The summed E-state index contributed by atoms with van der Waals surface area (Å²) < 4.78 is 1.17. The van der Waals surface area contributed by atoms with Gasteiger partial charge in [0.25, 0.3) is 0 Å². The van der Waals surface area contributed by atoms with Crippen LogP contribution in [0, 0.1) is 0 Å². The molecule has 0 aliphatic carbocycles. The zero-order valence-corrected chi connectivity index (χ0v) is 13.0. The molecule has 0 saturated carbocycles. The van der Waals surface area contributed by atoms with E-state index in [1.165, 1.54) is 25.7 Å². The lowest BCUT2D eigenvalue weighted by Gasteiger charge is -2.17. The highest BCUT2D eigenvalue weighted by atomic mass is 79.9. The van der Waals surface area contributed by atoms with Crippen LogP contribution in [0.4, 0.5) is 0 Å². The molecule has 0 fully saturated rings. The fourth-order valence-electron chi connectivity index (χ4n) is 2.48. The molecular weight excluding hydrogens is 318 g/mol. The highest BCUT2D eigenvalue weighted by Crippen LogP contribution is 2.32. The van der Waals surface area contributed by atoms with Crippen LogP contribution in [0.1, 0.15) is 17.2 Å². The lowest BCUT2D eigenvalue weighted by Crippen LogP contribution is -2.17. The van der Waals surface area contributed by atoms with Crippen molar-refractivity contribution in [1.82, 2.24) is 5.32 Å². The summed E-state index contributed by atoms with van der Waals surface area (Å²) in [4.78, 5) is 0. The topological polar surface area (TPSA) is 12.0 Å². The maximum Gasteiger partial charge on any atom is 0.0701 e. The molecule has 1 N–H and O–H groups in total. The minimum atomic E-state index is 0.230. The highest BCUT2D eigenvalue weighted by molar-refractivity contribution is 9.11. The third kappa shape index (κ3) is 2.46. The monoisotopic (exact) mass is 331 g/mol. The van der Waals surface area contributed by atoms with Crippen molar-refractivity contribution in [2.75, 3.05) is 7.05 Å². The SMILES string of the molecule is CNC(c1csc(Br)c1)c1cccc2ccccc12. The summed E-state index contributed by atoms with van der Waals surface area (Å²) in [5, 5.41) is 8.23. The number of hydrogen-bond acceptors (Lipinski definition) is 2. The summed E-state index contributed by atoms with van der Waals surface area (Å²) in [5.74, 6) is 0. The number of hydrogen-bond donors (Lipinski definition) is 1. The average Bonchev–Trinajstić information content (AvgIpc) is 2.86. The van der Waals surface area contributed by atoms with Gasteiger partial charge >= 0.3 is 0 Å². The Hall–Kier alpha value is -1.16. The standard InChI is InChI=1S/C16H14BrNS/c1-18-16(12-9-15(17)19-10-12)14-8-4-6-11-5-2-3-7-13(11)14/h2-10,16,18H,1H3. The molecule has 1 aromatic heterocycles. The smallest absolute Gasteiger partial charge is 0.0701 e. The molecule has 1 atom stereocenters. The molecule has 96 valence electrons. The average molecular weight is 332 g/mol. The van der Waals surface area contributed by atoms with E-state index in [1.807, 2.05) is 7.05 Å². The quantitative estimate of drug-likeness (QED) is 0.714. The molecule has 2 aromatic carbocycles. The second-order valence-electron chi connectivity index (χ2n) is 4.47. The maximum atomic E-state index is 3.54. The molecule has 0 aliphatic rings. The number of nitrogens with one attached hydrogen (secondary N) is 1. The Kier molecular flexibility index (Phi) is 3.69. The second-order valence-corrected chi connectivity index (χ2v) is 6.76. The number of benzene rings is 2. The van der Waals surface area contributed by atoms with Gasteiger partial charge in [-0.2, -0.15) is 0 Å². The van der Waals surface area contributed by atoms with Crippen LogP contribution >= 0.6 is 27.3 Å². The van der Waals surface area contributed by atoms with Crippen LogP contribution in [-0.2, 0) is 0 Å². The largest absolute Gasteiger partial charge is 0.309 e. The molecule has 0 spiro atoms. The molecule has 0 aliphatic heterocycles. The Labute approximate surface area is 125 Å². The van der Waals surface area contributed by atoms with Crippen molar-refractivity contribution in [3.63, 3.8) is 0 Å². The molecule has 19 heavy (non-hydrogen) atoms. The molecular formula is C16H14BrNS. The fourth-order valence-corrected chi connectivity index (χ4v) is 3.68. The van der Waals surface area contributed by atoms with Crippen molar-refractivity contribution in [3.05, 3.63) is 68.8 Å². The Morgan fingerprint density at radius 1 is 1.11 bits per heavy atom. The fraction of sp³-hybridized carbons (Fsp3) is 0.125. The minimum absolute atomic E-state index is 0.230. The minimum Gasteiger partial charge on any atom is -0.309 e. The third-order valence-corrected chi connectivity index (χ3v) is 4.87. The summed E-state index contributed by atoms with van der Waals surface area (Å²) in [6, 6.07) is 17.4. The van der Waals surface area contributed by atoms with E-state index < -0.39 is 0 Å². The van der Waals surface area contributed by atoms with Crippen LogP contribution in [0.2, 0.25) is 0 Å². The molecule has 3 rings (SSSR count). The van der Waals surface area contributed by atoms with Crippen molar-refractivity contribution in [1.29, 1.82) is 0 Å². The highest BCUT2D eigenvalue weighted by Gasteiger charge is 2.15. The first-order valence-corrected chi connectivity index (χ1v) is 7.85. The maximum absolute atomic E-state index is 3.54. The number of thiophene rings is 1. The molecule has 0 amide bonds. The van der Waals surface area contributed by atoms with Gasteiger partial charge in [-0.1, -0.05) is 42.5 Å². The van der Waals surface area contributed by atoms with Gasteiger partial charge < -0.3 is 5.32 Å². The van der Waals surface area contributed by atoms with Gasteiger partial charge in [0.2, 0.25) is 0 Å². The predicted octanol–water partition coefficient (Wildman–Crippen LogP) is 4.97. The van der Waals surface area contributed by atoms with E-state index in [0.29, 0.717) is 0 Å². The van der Waals surface area contributed by atoms with E-state index in [1.54, 1.807) is 11.3 Å². The second kappa shape index (κ2) is 5.45. The number of halogens is 1. The van der Waals surface area contributed by atoms with Gasteiger partial charge in [-0.25, -0.2) is 0 Å². The Balaban J connectivity index is 2.16. The summed E-state index contributed by atoms with van der Waals surface area (Å²) >= 11 is 5.27. The van der Waals surface area contributed by atoms with E-state index in [0.717, 1.165) is 0 Å². The number of rotatable bonds is 3. The van der Waals surface area contributed by atoms with Gasteiger partial charge in [0.05, 0.1) is 9.83 Å². The zero-order chi connectivity index (χ0) is 13.2. The van der Waals surface area contributed by atoms with E-state index >= 15 is 0 Å². The number of fused-ring (bicyclic) bond motifs is 1. The lowest BCUT2D eigenvalue weighted by atomic mass is 9.95. The molecule has 3 aromatic rings. The van der Waals surface area contributed by atoms with E-state index in [4.69, 9.17) is 0 Å². The molecule has 1 nitrogen and oxygen atoms in total. The summed E-state index contributed by atoms with van der Waals surface area (Å²) in [6.45, 7) is 0. The first kappa shape index (κ1) is 12.9. The summed E-state index contributed by atoms with van der Waals surface area (Å²) in [7, 11) is 2.01. The van der Waals surface area contributed by atoms with Crippen molar-refractivity contribution in [2.45, 2.75) is 6.04 Å². The Morgan fingerprint density at radius 2 is 1.89 bits per heavy atom. The van der Waals surface area contributed by atoms with Gasteiger partial charge in [0.15, 0.2) is 0 Å². The van der Waals surface area contributed by atoms with E-state index in [9.17, 15) is 0 Å². The van der Waals surface area contributed by atoms with Gasteiger partial charge in [-0.3, -0.25) is 0 Å². The summed E-state index contributed by atoms with van der Waals surface area (Å²) in [6.07, 6.45) is 0.